The number of rotatable bonds is 9. The monoisotopic (exact) mass is 684 g/mol. The van der Waals surface area contributed by atoms with Gasteiger partial charge >= 0.3 is 0 Å². The molecular weight excluding hydrogens is 636 g/mol. The van der Waals surface area contributed by atoms with Crippen molar-refractivity contribution in [2.45, 2.75) is 60.3 Å². The van der Waals surface area contributed by atoms with Crippen LogP contribution in [0.25, 0.3) is 32.3 Å². The minimum atomic E-state index is 0.353. The molecule has 0 bridgehead atoms. The van der Waals surface area contributed by atoms with Crippen LogP contribution in [0.4, 0.5) is 28.4 Å². The summed E-state index contributed by atoms with van der Waals surface area (Å²) in [6.07, 6.45) is 3.85. The van der Waals surface area contributed by atoms with Crippen LogP contribution in [0.15, 0.2) is 133 Å². The molecule has 7 aromatic carbocycles. The third-order valence-corrected chi connectivity index (χ3v) is 10.3. The second-order valence-corrected chi connectivity index (χ2v) is 14.4. The lowest BCUT2D eigenvalue weighted by Gasteiger charge is -2.31. The highest BCUT2D eigenvalue weighted by Gasteiger charge is 2.25. The summed E-state index contributed by atoms with van der Waals surface area (Å²) in [5.41, 5.74) is 9.74. The van der Waals surface area contributed by atoms with Gasteiger partial charge in [0.05, 0.1) is 11.4 Å². The van der Waals surface area contributed by atoms with Gasteiger partial charge in [-0.2, -0.15) is 0 Å². The van der Waals surface area contributed by atoms with Crippen molar-refractivity contribution >= 4 is 75.3 Å². The molecule has 7 aromatic rings. The Labute approximate surface area is 307 Å². The van der Waals surface area contributed by atoms with Crippen molar-refractivity contribution < 1.29 is 0 Å². The molecule has 0 aliphatic heterocycles. The maximum absolute atomic E-state index is 3.56. The van der Waals surface area contributed by atoms with Crippen molar-refractivity contribution in [3.63, 3.8) is 0 Å². The molecule has 256 valence electrons. The Morgan fingerprint density at radius 1 is 0.725 bits per heavy atom. The van der Waals surface area contributed by atoms with Crippen molar-refractivity contribution in [2.75, 3.05) is 16.3 Å². The van der Waals surface area contributed by atoms with E-state index in [0.717, 1.165) is 23.6 Å². The van der Waals surface area contributed by atoms with Crippen LogP contribution in [-0.2, 0) is 0 Å². The molecule has 2 nitrogen and oxygen atoms in total. The summed E-state index contributed by atoms with van der Waals surface area (Å²) >= 11 is 0. The maximum Gasteiger partial charge on any atom is 0.0927 e. The van der Waals surface area contributed by atoms with Crippen LogP contribution in [0.2, 0.25) is 0 Å². The zero-order chi connectivity index (χ0) is 36.2. The molecule has 0 spiro atoms. The minimum Gasteiger partial charge on any atom is -0.334 e. The van der Waals surface area contributed by atoms with Gasteiger partial charge < -0.3 is 9.80 Å². The van der Waals surface area contributed by atoms with E-state index in [1.807, 2.05) is 32.1 Å². The topological polar surface area (TPSA) is 6.48 Å². The molecule has 0 amide bonds. The summed E-state index contributed by atoms with van der Waals surface area (Å²) < 4.78 is 0. The van der Waals surface area contributed by atoms with Crippen LogP contribution in [-0.4, -0.2) is 6.54 Å². The van der Waals surface area contributed by atoms with E-state index in [0.29, 0.717) is 11.8 Å². The Balaban J connectivity index is 0.000000689. The summed E-state index contributed by atoms with van der Waals surface area (Å²) in [4.78, 5) is 4.82. The Bertz CT molecular complexity index is 2280. The normalized spacial score (nSPS) is 11.6. The van der Waals surface area contributed by atoms with Crippen molar-refractivity contribution in [2.24, 2.45) is 0 Å². The number of benzene rings is 6. The predicted octanol–water partition coefficient (Wildman–Crippen LogP) is 13.7. The largest absolute Gasteiger partial charge is 0.334 e. The first-order valence-corrected chi connectivity index (χ1v) is 18.7. The zero-order valence-corrected chi connectivity index (χ0v) is 32.2. The summed E-state index contributed by atoms with van der Waals surface area (Å²) in [5.74, 6) is 0.722. The number of hydrogen-bond donors (Lipinski definition) is 0. The molecule has 1 unspecified atom stereocenters. The van der Waals surface area contributed by atoms with Crippen molar-refractivity contribution in [3.8, 4) is 0 Å². The average molecular weight is 685 g/mol. The molecule has 0 saturated carbocycles. The zero-order valence-electron chi connectivity index (χ0n) is 31.1. The summed E-state index contributed by atoms with van der Waals surface area (Å²) in [7, 11) is 2.82. The molecule has 0 radical (unpaired) electrons. The predicted molar refractivity (Wildman–Crippen MR) is 229 cm³/mol. The molecule has 0 N–H and O–H groups in total. The van der Waals surface area contributed by atoms with Crippen LogP contribution < -0.4 is 15.1 Å². The summed E-state index contributed by atoms with van der Waals surface area (Å²) in [6, 6.07) is 46.6. The summed E-state index contributed by atoms with van der Waals surface area (Å²) in [6.45, 7) is 19.9. The van der Waals surface area contributed by atoms with Gasteiger partial charge in [-0.15, -0.1) is 9.24 Å². The lowest BCUT2D eigenvalue weighted by molar-refractivity contribution is 0.874. The van der Waals surface area contributed by atoms with Crippen molar-refractivity contribution in [1.82, 2.24) is 0 Å². The van der Waals surface area contributed by atoms with Crippen molar-refractivity contribution in [1.29, 1.82) is 0 Å². The average Bonchev–Trinajstić information content (AvgIpc) is 3.16. The molecule has 0 heterocycles. The molecule has 0 aliphatic carbocycles. The van der Waals surface area contributed by atoms with E-state index in [1.165, 1.54) is 65.7 Å². The highest BCUT2D eigenvalue weighted by Crippen LogP contribution is 2.49. The quantitative estimate of drug-likeness (QED) is 0.0848. The number of allylic oxidation sites excluding steroid dienone is 3. The smallest absolute Gasteiger partial charge is 0.0927 e. The van der Waals surface area contributed by atoms with Gasteiger partial charge in [-0.1, -0.05) is 119 Å². The Kier molecular flexibility index (Phi) is 10.8. The molecule has 3 heteroatoms. The molecule has 0 saturated heterocycles. The Morgan fingerprint density at radius 2 is 1.27 bits per heavy atom. The van der Waals surface area contributed by atoms with Gasteiger partial charge in [0, 0.05) is 34.4 Å². The van der Waals surface area contributed by atoms with Crippen LogP contribution in [0.3, 0.4) is 0 Å². The lowest BCUT2D eigenvalue weighted by Crippen LogP contribution is -2.17. The van der Waals surface area contributed by atoms with E-state index >= 15 is 0 Å². The number of anilines is 5. The van der Waals surface area contributed by atoms with E-state index in [1.54, 1.807) is 0 Å². The highest BCUT2D eigenvalue weighted by molar-refractivity contribution is 7.27. The fourth-order valence-corrected chi connectivity index (χ4v) is 7.28. The van der Waals surface area contributed by atoms with Gasteiger partial charge in [0.15, 0.2) is 0 Å². The molecule has 0 fully saturated rings. The molecule has 1 atom stereocenters. The Morgan fingerprint density at radius 3 is 1.76 bits per heavy atom. The van der Waals surface area contributed by atoms with Crippen LogP contribution in [0.1, 0.15) is 71.4 Å². The maximum atomic E-state index is 3.56. The highest BCUT2D eigenvalue weighted by atomic mass is 31.0. The van der Waals surface area contributed by atoms with E-state index in [9.17, 15) is 0 Å². The third kappa shape index (κ3) is 6.97. The molecule has 7 rings (SSSR count). The Hall–Kier alpha value is -5.09. The fraction of sp³-hybridized carbons (Fsp3) is 0.208. The van der Waals surface area contributed by atoms with Gasteiger partial charge in [-0.25, -0.2) is 0 Å². The lowest BCUT2D eigenvalue weighted by atomic mass is 9.84. The molecule has 0 aliphatic rings. The first-order chi connectivity index (χ1) is 24.7. The number of hydrogen-bond acceptors (Lipinski definition) is 2. The van der Waals surface area contributed by atoms with Gasteiger partial charge in [0.25, 0.3) is 0 Å². The van der Waals surface area contributed by atoms with Gasteiger partial charge in [0.1, 0.15) is 0 Å². The molecular formula is C48H49N2P. The third-order valence-electron chi connectivity index (χ3n) is 9.88. The fourth-order valence-electron chi connectivity index (χ4n) is 7.09. The number of nitrogens with zero attached hydrogens (tertiary/aromatic N) is 2. The van der Waals surface area contributed by atoms with Gasteiger partial charge in [-0.05, 0) is 125 Å². The number of para-hydroxylation sites is 1. The van der Waals surface area contributed by atoms with E-state index < -0.39 is 0 Å². The second kappa shape index (κ2) is 15.4. The van der Waals surface area contributed by atoms with E-state index in [4.69, 9.17) is 0 Å². The standard InChI is InChI=1S/C42H39N2P.C6H10/c1-6-43(29-13-9-7-10-14-29)39-25-37(27(2)3)33-22-24-36-40(26-38(28(4)5)34-21-23-35(39)41(33)42(34)36)44(30-15-11-8-12-16-30)31-17-19-32(45)20-18-31;1-4-6(3)5-2/h7-9,11-13,15-28H,6,45H2,1-5H3;4-5H,1H2,2-3H3/b;6-5-. The van der Waals surface area contributed by atoms with Crippen LogP contribution in [0.5, 0.6) is 0 Å². The van der Waals surface area contributed by atoms with Crippen LogP contribution in [0, 0.1) is 12.1 Å². The van der Waals surface area contributed by atoms with Crippen LogP contribution >= 0.6 is 9.24 Å². The summed E-state index contributed by atoms with van der Waals surface area (Å²) in [5, 5.41) is 9.09. The first kappa shape index (κ1) is 35.7. The van der Waals surface area contributed by atoms with Gasteiger partial charge in [-0.3, -0.25) is 0 Å². The van der Waals surface area contributed by atoms with E-state index in [2.05, 4.69) is 175 Å². The molecule has 51 heavy (non-hydrogen) atoms. The van der Waals surface area contributed by atoms with Gasteiger partial charge in [0.2, 0.25) is 0 Å². The van der Waals surface area contributed by atoms with E-state index in [-0.39, 0.29) is 0 Å². The SMILES string of the molecule is C=C/C(C)=C\C.CCN(c1c#cccc1)c1cc(C(C)C)c2ccc3c(N(c4ccccc4)c4ccc(P)cc4)cc(C(C)C)c4ccc1c2c43. The molecule has 0 aromatic heterocycles. The van der Waals surface area contributed by atoms with Crippen molar-refractivity contribution in [3.05, 3.63) is 157 Å². The second-order valence-electron chi connectivity index (χ2n) is 13.8. The minimum absolute atomic E-state index is 0.353. The first-order valence-electron chi connectivity index (χ1n) is 18.1.